The average molecular weight is 290 g/mol. The number of carbonyl (C=O) groups is 1. The van der Waals surface area contributed by atoms with Gasteiger partial charge in [0.1, 0.15) is 0 Å². The third-order valence-electron chi connectivity index (χ3n) is 2.78. The van der Waals surface area contributed by atoms with E-state index in [1.807, 2.05) is 20.0 Å². The fraction of sp³-hybridized carbons (Fsp3) is 0.286. The largest absolute Gasteiger partial charge is 0.397 e. The Hall–Kier alpha value is -2.08. The third-order valence-corrected chi connectivity index (χ3v) is 3.69. The van der Waals surface area contributed by atoms with Crippen LogP contribution < -0.4 is 16.4 Å². The number of thiazole rings is 1. The predicted molar refractivity (Wildman–Crippen MR) is 83.0 cm³/mol. The fourth-order valence-corrected chi connectivity index (χ4v) is 2.52. The molecule has 0 atom stereocenters. The van der Waals surface area contributed by atoms with E-state index in [1.54, 1.807) is 29.5 Å². The highest BCUT2D eigenvalue weighted by molar-refractivity contribution is 7.11. The Morgan fingerprint density at radius 3 is 2.90 bits per heavy atom. The van der Waals surface area contributed by atoms with Gasteiger partial charge in [-0.3, -0.25) is 4.79 Å². The first-order valence-corrected chi connectivity index (χ1v) is 7.24. The number of nitrogens with two attached hydrogens (primary N) is 1. The van der Waals surface area contributed by atoms with Crippen molar-refractivity contribution in [3.05, 3.63) is 39.8 Å². The van der Waals surface area contributed by atoms with Crippen molar-refractivity contribution in [3.63, 3.8) is 0 Å². The van der Waals surface area contributed by atoms with E-state index in [1.165, 1.54) is 0 Å². The highest BCUT2D eigenvalue weighted by Gasteiger charge is 2.08. The molecule has 0 saturated heterocycles. The van der Waals surface area contributed by atoms with Crippen molar-refractivity contribution in [2.75, 3.05) is 17.6 Å². The van der Waals surface area contributed by atoms with Crippen LogP contribution in [0.4, 0.5) is 11.4 Å². The monoisotopic (exact) mass is 290 g/mol. The van der Waals surface area contributed by atoms with Crippen molar-refractivity contribution < 1.29 is 4.79 Å². The van der Waals surface area contributed by atoms with E-state index in [4.69, 9.17) is 5.73 Å². The molecule has 20 heavy (non-hydrogen) atoms. The zero-order valence-electron chi connectivity index (χ0n) is 11.6. The number of amides is 1. The zero-order valence-corrected chi connectivity index (χ0v) is 12.4. The number of aryl methyl sites for hydroxylation is 1. The number of anilines is 2. The Morgan fingerprint density at radius 2 is 2.25 bits per heavy atom. The van der Waals surface area contributed by atoms with Crippen LogP contribution in [0, 0.1) is 6.92 Å². The number of aromatic nitrogens is 1. The van der Waals surface area contributed by atoms with Crippen molar-refractivity contribution >= 4 is 28.6 Å². The standard InChI is InChI=1S/C14H18N4OS/c1-3-16-14(19)10-4-5-12(15)13(6-10)18-8-11-7-17-9(2)20-11/h4-7,18H,3,8,15H2,1-2H3,(H,16,19). The lowest BCUT2D eigenvalue weighted by Crippen LogP contribution is -2.22. The normalized spacial score (nSPS) is 10.3. The molecule has 6 heteroatoms. The second kappa shape index (κ2) is 6.38. The van der Waals surface area contributed by atoms with Crippen LogP contribution in [0.15, 0.2) is 24.4 Å². The van der Waals surface area contributed by atoms with Crippen LogP contribution in [0.25, 0.3) is 0 Å². The molecule has 2 aromatic rings. The molecule has 1 aromatic carbocycles. The van der Waals surface area contributed by atoms with Gasteiger partial charge in [-0.1, -0.05) is 0 Å². The van der Waals surface area contributed by atoms with E-state index in [0.29, 0.717) is 24.3 Å². The first-order chi connectivity index (χ1) is 9.60. The zero-order chi connectivity index (χ0) is 14.5. The average Bonchev–Trinajstić information content (AvgIpc) is 2.84. The number of nitrogens with one attached hydrogen (secondary N) is 2. The molecule has 0 aliphatic carbocycles. The molecule has 5 nitrogen and oxygen atoms in total. The van der Waals surface area contributed by atoms with Crippen molar-refractivity contribution in [1.82, 2.24) is 10.3 Å². The summed E-state index contributed by atoms with van der Waals surface area (Å²) < 4.78 is 0. The number of carbonyl (C=O) groups excluding carboxylic acids is 1. The third kappa shape index (κ3) is 3.48. The molecule has 1 amide bonds. The molecule has 0 aliphatic heterocycles. The molecular weight excluding hydrogens is 272 g/mol. The van der Waals surface area contributed by atoms with Gasteiger partial charge >= 0.3 is 0 Å². The van der Waals surface area contributed by atoms with Crippen LogP contribution in [0.5, 0.6) is 0 Å². The van der Waals surface area contributed by atoms with Crippen molar-refractivity contribution in [2.24, 2.45) is 0 Å². The molecule has 1 heterocycles. The van der Waals surface area contributed by atoms with Crippen LogP contribution in [-0.2, 0) is 6.54 Å². The molecule has 0 fully saturated rings. The predicted octanol–water partition coefficient (Wildman–Crippen LogP) is 2.40. The van der Waals surface area contributed by atoms with Crippen molar-refractivity contribution in [3.8, 4) is 0 Å². The molecule has 0 aliphatic rings. The van der Waals surface area contributed by atoms with Crippen molar-refractivity contribution in [2.45, 2.75) is 20.4 Å². The van der Waals surface area contributed by atoms with E-state index in [-0.39, 0.29) is 5.91 Å². The van der Waals surface area contributed by atoms with E-state index in [2.05, 4.69) is 15.6 Å². The molecular formula is C14H18N4OS. The number of nitrogen functional groups attached to an aromatic ring is 1. The van der Waals surface area contributed by atoms with Crippen LogP contribution in [0.3, 0.4) is 0 Å². The van der Waals surface area contributed by atoms with E-state index < -0.39 is 0 Å². The lowest BCUT2D eigenvalue weighted by Gasteiger charge is -2.10. The maximum absolute atomic E-state index is 11.8. The van der Waals surface area contributed by atoms with Crippen LogP contribution >= 0.6 is 11.3 Å². The smallest absolute Gasteiger partial charge is 0.251 e. The molecule has 2 rings (SSSR count). The quantitative estimate of drug-likeness (QED) is 0.739. The van der Waals surface area contributed by atoms with Gasteiger partial charge < -0.3 is 16.4 Å². The molecule has 1 aromatic heterocycles. The lowest BCUT2D eigenvalue weighted by atomic mass is 10.1. The van der Waals surface area contributed by atoms with Gasteiger partial charge in [-0.25, -0.2) is 4.98 Å². The number of benzene rings is 1. The van der Waals surface area contributed by atoms with E-state index in [0.717, 1.165) is 15.6 Å². The second-order valence-electron chi connectivity index (χ2n) is 4.36. The highest BCUT2D eigenvalue weighted by atomic mass is 32.1. The van der Waals surface area contributed by atoms with Gasteiger partial charge in [0.15, 0.2) is 0 Å². The summed E-state index contributed by atoms with van der Waals surface area (Å²) in [5.74, 6) is -0.0933. The van der Waals surface area contributed by atoms with Gasteiger partial charge in [-0.05, 0) is 32.0 Å². The molecule has 0 unspecified atom stereocenters. The van der Waals surface area contributed by atoms with Gasteiger partial charge in [0, 0.05) is 23.2 Å². The lowest BCUT2D eigenvalue weighted by molar-refractivity contribution is 0.0956. The van der Waals surface area contributed by atoms with Crippen LogP contribution in [0.2, 0.25) is 0 Å². The summed E-state index contributed by atoms with van der Waals surface area (Å²) in [6, 6.07) is 5.24. The number of nitrogens with zero attached hydrogens (tertiary/aromatic N) is 1. The Bertz CT molecular complexity index is 609. The molecule has 4 N–H and O–H groups in total. The Labute approximate surface area is 122 Å². The Morgan fingerprint density at radius 1 is 1.45 bits per heavy atom. The molecule has 0 spiro atoms. The minimum Gasteiger partial charge on any atom is -0.397 e. The maximum Gasteiger partial charge on any atom is 0.251 e. The van der Waals surface area contributed by atoms with Gasteiger partial charge in [0.2, 0.25) is 0 Å². The second-order valence-corrected chi connectivity index (χ2v) is 5.68. The van der Waals surface area contributed by atoms with Crippen LogP contribution in [0.1, 0.15) is 27.2 Å². The van der Waals surface area contributed by atoms with Gasteiger partial charge in [-0.15, -0.1) is 11.3 Å². The summed E-state index contributed by atoms with van der Waals surface area (Å²) in [4.78, 5) is 17.1. The van der Waals surface area contributed by atoms with Gasteiger partial charge in [-0.2, -0.15) is 0 Å². The maximum atomic E-state index is 11.8. The topological polar surface area (TPSA) is 80.0 Å². The highest BCUT2D eigenvalue weighted by Crippen LogP contribution is 2.22. The number of hydrogen-bond donors (Lipinski definition) is 3. The minimum atomic E-state index is -0.0933. The first-order valence-electron chi connectivity index (χ1n) is 6.43. The molecule has 0 saturated carbocycles. The summed E-state index contributed by atoms with van der Waals surface area (Å²) in [7, 11) is 0. The van der Waals surface area contributed by atoms with Crippen molar-refractivity contribution in [1.29, 1.82) is 0 Å². The summed E-state index contributed by atoms with van der Waals surface area (Å²) >= 11 is 1.64. The van der Waals surface area contributed by atoms with Crippen LogP contribution in [-0.4, -0.2) is 17.4 Å². The summed E-state index contributed by atoms with van der Waals surface area (Å²) in [5.41, 5.74) is 7.92. The molecule has 0 bridgehead atoms. The number of rotatable bonds is 5. The SMILES string of the molecule is CCNC(=O)c1ccc(N)c(NCc2cnc(C)s2)c1. The molecule has 0 radical (unpaired) electrons. The van der Waals surface area contributed by atoms with E-state index >= 15 is 0 Å². The Kier molecular flexibility index (Phi) is 4.57. The number of hydrogen-bond acceptors (Lipinski definition) is 5. The molecule has 106 valence electrons. The van der Waals surface area contributed by atoms with E-state index in [9.17, 15) is 4.79 Å². The fourth-order valence-electron chi connectivity index (χ4n) is 1.78. The summed E-state index contributed by atoms with van der Waals surface area (Å²) in [5, 5.41) is 7.05. The summed E-state index contributed by atoms with van der Waals surface area (Å²) in [6.45, 7) is 5.11. The first kappa shape index (κ1) is 14.3. The van der Waals surface area contributed by atoms with Gasteiger partial charge in [0.05, 0.1) is 22.9 Å². The van der Waals surface area contributed by atoms with Gasteiger partial charge in [0.25, 0.3) is 5.91 Å². The minimum absolute atomic E-state index is 0.0933. The Balaban J connectivity index is 2.10. The summed E-state index contributed by atoms with van der Waals surface area (Å²) in [6.07, 6.45) is 1.84.